The van der Waals surface area contributed by atoms with E-state index in [1.807, 2.05) is 0 Å². The van der Waals surface area contributed by atoms with Gasteiger partial charge in [0, 0.05) is 25.2 Å². The Hall–Kier alpha value is -0.120. The number of hydrogen-bond acceptors (Lipinski definition) is 3. The van der Waals surface area contributed by atoms with Crippen molar-refractivity contribution in [2.75, 3.05) is 13.2 Å². The number of nitrogens with two attached hydrogens (primary N) is 1. The number of hydrogen-bond donors (Lipinski definition) is 3. The van der Waals surface area contributed by atoms with Crippen molar-refractivity contribution in [2.45, 2.75) is 12.5 Å². The molecule has 54 valence electrons. The molecule has 0 aromatic heterocycles. The minimum atomic E-state index is 0.117. The first kappa shape index (κ1) is 6.99. The highest BCUT2D eigenvalue weighted by Gasteiger charge is 2.37. The monoisotopic (exact) mass is 131 g/mol. The quantitative estimate of drug-likeness (QED) is 0.447. The lowest BCUT2D eigenvalue weighted by atomic mass is 9.70. The van der Waals surface area contributed by atoms with Crippen molar-refractivity contribution in [1.82, 2.24) is 0 Å². The molecule has 3 heteroatoms. The Kier molecular flexibility index (Phi) is 2.05. The Morgan fingerprint density at radius 3 is 2.22 bits per heavy atom. The fourth-order valence-electron chi connectivity index (χ4n) is 1.35. The molecule has 9 heavy (non-hydrogen) atoms. The first-order chi connectivity index (χ1) is 4.29. The molecule has 0 aliphatic heterocycles. The number of aliphatic hydroxyl groups excluding tert-OH is 2. The Morgan fingerprint density at radius 1 is 1.33 bits per heavy atom. The van der Waals surface area contributed by atoms with Gasteiger partial charge in [0.1, 0.15) is 0 Å². The van der Waals surface area contributed by atoms with Crippen LogP contribution in [0.3, 0.4) is 0 Å². The smallest absolute Gasteiger partial charge is 0.0477 e. The van der Waals surface area contributed by atoms with Gasteiger partial charge in [-0.05, 0) is 12.3 Å². The molecular weight excluding hydrogens is 118 g/mol. The van der Waals surface area contributed by atoms with Gasteiger partial charge in [-0.25, -0.2) is 0 Å². The van der Waals surface area contributed by atoms with Crippen molar-refractivity contribution in [3.8, 4) is 0 Å². The molecule has 0 aromatic carbocycles. The summed E-state index contributed by atoms with van der Waals surface area (Å²) in [6.07, 6.45) is 0.863. The van der Waals surface area contributed by atoms with Crippen LogP contribution in [0.5, 0.6) is 0 Å². The molecule has 0 aromatic rings. The molecule has 0 saturated heterocycles. The molecule has 1 aliphatic rings. The minimum Gasteiger partial charge on any atom is -0.396 e. The molecule has 1 fully saturated rings. The van der Waals surface area contributed by atoms with Gasteiger partial charge in [-0.3, -0.25) is 0 Å². The molecular formula is C6H13NO2. The summed E-state index contributed by atoms with van der Waals surface area (Å²) in [5, 5.41) is 17.3. The molecule has 3 nitrogen and oxygen atoms in total. The summed E-state index contributed by atoms with van der Waals surface area (Å²) in [4.78, 5) is 0. The third kappa shape index (κ3) is 1.08. The lowest BCUT2D eigenvalue weighted by Crippen LogP contribution is -2.50. The Labute approximate surface area is 54.5 Å². The van der Waals surface area contributed by atoms with Gasteiger partial charge < -0.3 is 15.9 Å². The molecule has 1 saturated carbocycles. The van der Waals surface area contributed by atoms with E-state index in [9.17, 15) is 0 Å². The molecule has 0 heterocycles. The summed E-state index contributed by atoms with van der Waals surface area (Å²) in [5.74, 6) is 0.403. The first-order valence-corrected chi connectivity index (χ1v) is 3.27. The van der Waals surface area contributed by atoms with E-state index >= 15 is 0 Å². The van der Waals surface area contributed by atoms with Crippen molar-refractivity contribution in [3.05, 3.63) is 0 Å². The molecule has 1 rings (SSSR count). The molecule has 0 unspecified atom stereocenters. The van der Waals surface area contributed by atoms with Crippen LogP contribution in [-0.2, 0) is 0 Å². The van der Waals surface area contributed by atoms with Crippen molar-refractivity contribution < 1.29 is 10.2 Å². The van der Waals surface area contributed by atoms with E-state index in [1.165, 1.54) is 0 Å². The van der Waals surface area contributed by atoms with Crippen LogP contribution in [0.1, 0.15) is 6.42 Å². The van der Waals surface area contributed by atoms with Crippen LogP contribution in [0.2, 0.25) is 0 Å². The summed E-state index contributed by atoms with van der Waals surface area (Å²) in [7, 11) is 0. The predicted molar refractivity (Wildman–Crippen MR) is 33.7 cm³/mol. The molecule has 3 atom stereocenters. The third-order valence-electron chi connectivity index (χ3n) is 2.18. The van der Waals surface area contributed by atoms with Gasteiger partial charge in [-0.15, -0.1) is 0 Å². The van der Waals surface area contributed by atoms with Gasteiger partial charge in [-0.2, -0.15) is 0 Å². The Balaban J connectivity index is 2.29. The fourth-order valence-corrected chi connectivity index (χ4v) is 1.35. The van der Waals surface area contributed by atoms with Gasteiger partial charge in [0.2, 0.25) is 0 Å². The maximum Gasteiger partial charge on any atom is 0.0477 e. The number of rotatable bonds is 2. The van der Waals surface area contributed by atoms with E-state index in [0.29, 0.717) is 0 Å². The third-order valence-corrected chi connectivity index (χ3v) is 2.18. The van der Waals surface area contributed by atoms with Crippen molar-refractivity contribution in [1.29, 1.82) is 0 Å². The predicted octanol–water partition coefficient (Wildman–Crippen LogP) is -1.07. The average molecular weight is 131 g/mol. The second-order valence-electron chi connectivity index (χ2n) is 2.69. The fraction of sp³-hybridized carbons (Fsp3) is 1.00. The summed E-state index contributed by atoms with van der Waals surface area (Å²) < 4.78 is 0. The second kappa shape index (κ2) is 2.64. The van der Waals surface area contributed by atoms with Crippen LogP contribution in [0.4, 0.5) is 0 Å². The summed E-state index contributed by atoms with van der Waals surface area (Å²) >= 11 is 0. The van der Waals surface area contributed by atoms with Crippen LogP contribution in [0.25, 0.3) is 0 Å². The molecule has 4 N–H and O–H groups in total. The van der Waals surface area contributed by atoms with Crippen LogP contribution in [0.15, 0.2) is 0 Å². The number of aliphatic hydroxyl groups is 2. The highest BCUT2D eigenvalue weighted by Crippen LogP contribution is 2.31. The van der Waals surface area contributed by atoms with Crippen LogP contribution in [0, 0.1) is 11.8 Å². The minimum absolute atomic E-state index is 0.117. The second-order valence-corrected chi connectivity index (χ2v) is 2.69. The van der Waals surface area contributed by atoms with Crippen LogP contribution in [-0.4, -0.2) is 29.5 Å². The van der Waals surface area contributed by atoms with Gasteiger partial charge in [-0.1, -0.05) is 0 Å². The van der Waals surface area contributed by atoms with E-state index in [-0.39, 0.29) is 31.1 Å². The topological polar surface area (TPSA) is 66.5 Å². The van der Waals surface area contributed by atoms with Gasteiger partial charge in [0.25, 0.3) is 0 Å². The normalized spacial score (nSPS) is 42.3. The van der Waals surface area contributed by atoms with E-state index in [4.69, 9.17) is 15.9 Å². The Morgan fingerprint density at radius 2 is 2.00 bits per heavy atom. The van der Waals surface area contributed by atoms with Gasteiger partial charge >= 0.3 is 0 Å². The zero-order chi connectivity index (χ0) is 6.85. The SMILES string of the molecule is N[C@H]1C[C@@H](CO)[C@@H]1CO. The lowest BCUT2D eigenvalue weighted by Gasteiger charge is -2.40. The lowest BCUT2D eigenvalue weighted by molar-refractivity contribution is 0.0253. The average Bonchev–Trinajstić information content (AvgIpc) is 1.83. The summed E-state index contributed by atoms with van der Waals surface area (Å²) in [6, 6.07) is 0.118. The maximum atomic E-state index is 8.67. The Bertz CT molecular complexity index is 97.1. The highest BCUT2D eigenvalue weighted by molar-refractivity contribution is 4.90. The first-order valence-electron chi connectivity index (χ1n) is 3.27. The van der Waals surface area contributed by atoms with Crippen molar-refractivity contribution >= 4 is 0 Å². The zero-order valence-corrected chi connectivity index (χ0v) is 5.33. The van der Waals surface area contributed by atoms with E-state index < -0.39 is 0 Å². The van der Waals surface area contributed by atoms with E-state index in [0.717, 1.165) is 6.42 Å². The van der Waals surface area contributed by atoms with Crippen molar-refractivity contribution in [2.24, 2.45) is 17.6 Å². The standard InChI is InChI=1S/C6H13NO2/c7-6-1-4(2-8)5(6)3-9/h4-6,8-9H,1-3,7H2/t4-,5-,6-/m0/s1. The van der Waals surface area contributed by atoms with Crippen molar-refractivity contribution in [3.63, 3.8) is 0 Å². The molecule has 0 radical (unpaired) electrons. The summed E-state index contributed by atoms with van der Waals surface area (Å²) in [5.41, 5.74) is 5.53. The van der Waals surface area contributed by atoms with Crippen LogP contribution >= 0.6 is 0 Å². The maximum absolute atomic E-state index is 8.67. The molecule has 1 aliphatic carbocycles. The molecule has 0 spiro atoms. The van der Waals surface area contributed by atoms with Crippen LogP contribution < -0.4 is 5.73 Å². The summed E-state index contributed by atoms with van der Waals surface area (Å²) in [6.45, 7) is 0.283. The highest BCUT2D eigenvalue weighted by atomic mass is 16.3. The molecule has 0 bridgehead atoms. The molecule has 0 amide bonds. The zero-order valence-electron chi connectivity index (χ0n) is 5.33. The van der Waals surface area contributed by atoms with Gasteiger partial charge in [0.15, 0.2) is 0 Å². The van der Waals surface area contributed by atoms with Gasteiger partial charge in [0.05, 0.1) is 0 Å². The largest absolute Gasteiger partial charge is 0.396 e. The van der Waals surface area contributed by atoms with E-state index in [2.05, 4.69) is 0 Å². The van der Waals surface area contributed by atoms with E-state index in [1.54, 1.807) is 0 Å².